The van der Waals surface area contributed by atoms with Crippen LogP contribution >= 0.6 is 0 Å². The minimum absolute atomic E-state index is 0.0540. The van der Waals surface area contributed by atoms with E-state index >= 15 is 0 Å². The standard InChI is InChI=1S/C22H36N2O2/c1-26-20-4-8-23(9-5-20)19-2-6-24(7-3-19)21(25)22-13-16-10-17(14-22)12-18(11-16)15-22/h16-20H,2-15H2,1H3. The van der Waals surface area contributed by atoms with Crippen molar-refractivity contribution in [1.29, 1.82) is 0 Å². The lowest BCUT2D eigenvalue weighted by atomic mass is 9.49. The van der Waals surface area contributed by atoms with E-state index in [-0.39, 0.29) is 5.41 Å². The second-order valence-electron chi connectivity index (χ2n) is 10.2. The molecule has 0 atom stereocenters. The van der Waals surface area contributed by atoms with Gasteiger partial charge in [-0.2, -0.15) is 0 Å². The van der Waals surface area contributed by atoms with E-state index in [4.69, 9.17) is 4.74 Å². The van der Waals surface area contributed by atoms with Crippen molar-refractivity contribution in [2.75, 3.05) is 33.3 Å². The van der Waals surface area contributed by atoms with Crippen molar-refractivity contribution < 1.29 is 9.53 Å². The van der Waals surface area contributed by atoms with Gasteiger partial charge in [-0.15, -0.1) is 0 Å². The van der Waals surface area contributed by atoms with Crippen LogP contribution in [0.3, 0.4) is 0 Å². The Morgan fingerprint density at radius 1 is 0.846 bits per heavy atom. The van der Waals surface area contributed by atoms with Crippen molar-refractivity contribution in [3.63, 3.8) is 0 Å². The van der Waals surface area contributed by atoms with Gasteiger partial charge < -0.3 is 14.5 Å². The van der Waals surface area contributed by atoms with Crippen molar-refractivity contribution in [1.82, 2.24) is 9.80 Å². The molecule has 0 aromatic heterocycles. The molecule has 0 unspecified atom stereocenters. The first-order valence-corrected chi connectivity index (χ1v) is 11.2. The summed E-state index contributed by atoms with van der Waals surface area (Å²) in [4.78, 5) is 18.5. The Bertz CT molecular complexity index is 497. The summed E-state index contributed by atoms with van der Waals surface area (Å²) in [6, 6.07) is 0.688. The van der Waals surface area contributed by atoms with Gasteiger partial charge in [0, 0.05) is 39.3 Å². The van der Waals surface area contributed by atoms with Crippen LogP contribution in [0.5, 0.6) is 0 Å². The normalized spacial score (nSPS) is 41.7. The number of carbonyl (C=O) groups excluding carboxylic acids is 1. The van der Waals surface area contributed by atoms with Crippen molar-refractivity contribution in [3.05, 3.63) is 0 Å². The van der Waals surface area contributed by atoms with E-state index in [1.807, 2.05) is 7.11 Å². The van der Waals surface area contributed by atoms with Crippen molar-refractivity contribution >= 4 is 5.91 Å². The fraction of sp³-hybridized carbons (Fsp3) is 0.955. The number of nitrogens with zero attached hydrogens (tertiary/aromatic N) is 2. The molecule has 0 radical (unpaired) electrons. The van der Waals surface area contributed by atoms with Crippen LogP contribution in [0.25, 0.3) is 0 Å². The van der Waals surface area contributed by atoms with Gasteiger partial charge in [0.05, 0.1) is 11.5 Å². The van der Waals surface area contributed by atoms with Crippen LogP contribution in [0, 0.1) is 23.2 Å². The monoisotopic (exact) mass is 360 g/mol. The molecular weight excluding hydrogens is 324 g/mol. The van der Waals surface area contributed by atoms with Crippen molar-refractivity contribution in [2.45, 2.75) is 76.4 Å². The summed E-state index contributed by atoms with van der Waals surface area (Å²) >= 11 is 0. The van der Waals surface area contributed by atoms with Gasteiger partial charge in [0.1, 0.15) is 0 Å². The molecule has 4 saturated carbocycles. The molecule has 2 aliphatic heterocycles. The highest BCUT2D eigenvalue weighted by Crippen LogP contribution is 2.60. The second-order valence-corrected chi connectivity index (χ2v) is 10.2. The smallest absolute Gasteiger partial charge is 0.228 e. The van der Waals surface area contributed by atoms with Crippen molar-refractivity contribution in [3.8, 4) is 0 Å². The number of rotatable bonds is 3. The molecular formula is C22H36N2O2. The first-order chi connectivity index (χ1) is 12.6. The Morgan fingerprint density at radius 2 is 1.38 bits per heavy atom. The first-order valence-electron chi connectivity index (χ1n) is 11.2. The van der Waals surface area contributed by atoms with E-state index in [9.17, 15) is 4.79 Å². The Balaban J connectivity index is 1.18. The largest absolute Gasteiger partial charge is 0.381 e. The van der Waals surface area contributed by atoms with E-state index in [1.54, 1.807) is 0 Å². The summed E-state index contributed by atoms with van der Waals surface area (Å²) in [5.41, 5.74) is 0.0540. The predicted octanol–water partition coefficient (Wildman–Crippen LogP) is 3.30. The minimum atomic E-state index is 0.0540. The van der Waals surface area contributed by atoms with Gasteiger partial charge in [0.25, 0.3) is 0 Å². The van der Waals surface area contributed by atoms with Crippen LogP contribution in [0.15, 0.2) is 0 Å². The lowest BCUT2D eigenvalue weighted by Gasteiger charge is -2.57. The van der Waals surface area contributed by atoms with Gasteiger partial charge in [0.15, 0.2) is 0 Å². The molecule has 4 bridgehead atoms. The Labute approximate surface area is 158 Å². The third-order valence-electron chi connectivity index (χ3n) is 8.57. The molecule has 6 rings (SSSR count). The summed E-state index contributed by atoms with van der Waals surface area (Å²) in [6.45, 7) is 4.34. The highest BCUT2D eigenvalue weighted by atomic mass is 16.5. The number of methoxy groups -OCH3 is 1. The van der Waals surface area contributed by atoms with E-state index in [0.717, 1.165) is 30.8 Å². The first kappa shape index (κ1) is 17.5. The number of piperidine rings is 2. The fourth-order valence-corrected chi connectivity index (χ4v) is 7.62. The Morgan fingerprint density at radius 3 is 1.88 bits per heavy atom. The average Bonchev–Trinajstić information content (AvgIpc) is 2.67. The van der Waals surface area contributed by atoms with Crippen molar-refractivity contribution in [2.24, 2.45) is 23.2 Å². The van der Waals surface area contributed by atoms with Crippen LogP contribution in [0.1, 0.15) is 64.2 Å². The maximum absolute atomic E-state index is 13.5. The zero-order valence-corrected chi connectivity index (χ0v) is 16.5. The van der Waals surface area contributed by atoms with Crippen LogP contribution in [-0.2, 0) is 9.53 Å². The molecule has 6 aliphatic rings. The molecule has 2 saturated heterocycles. The number of ether oxygens (including phenoxy) is 1. The molecule has 26 heavy (non-hydrogen) atoms. The van der Waals surface area contributed by atoms with Gasteiger partial charge >= 0.3 is 0 Å². The Kier molecular flexibility index (Phi) is 4.55. The topological polar surface area (TPSA) is 32.8 Å². The number of hydrogen-bond acceptors (Lipinski definition) is 3. The Hall–Kier alpha value is -0.610. The van der Waals surface area contributed by atoms with E-state index in [1.165, 1.54) is 77.3 Å². The number of likely N-dealkylation sites (tertiary alicyclic amines) is 2. The highest BCUT2D eigenvalue weighted by molar-refractivity contribution is 5.83. The fourth-order valence-electron chi connectivity index (χ4n) is 7.62. The summed E-state index contributed by atoms with van der Waals surface area (Å²) in [5, 5.41) is 0. The molecule has 146 valence electrons. The van der Waals surface area contributed by atoms with Gasteiger partial charge in [-0.1, -0.05) is 0 Å². The summed E-state index contributed by atoms with van der Waals surface area (Å²) in [6.07, 6.45) is 13.1. The number of hydrogen-bond donors (Lipinski definition) is 0. The third kappa shape index (κ3) is 3.01. The molecule has 4 heteroatoms. The highest BCUT2D eigenvalue weighted by Gasteiger charge is 2.55. The lowest BCUT2D eigenvalue weighted by molar-refractivity contribution is -0.159. The number of amides is 1. The zero-order valence-electron chi connectivity index (χ0n) is 16.5. The van der Waals surface area contributed by atoms with E-state index < -0.39 is 0 Å². The third-order valence-corrected chi connectivity index (χ3v) is 8.57. The summed E-state index contributed by atoms with van der Waals surface area (Å²) < 4.78 is 5.51. The zero-order chi connectivity index (χ0) is 17.7. The van der Waals surface area contributed by atoms with Gasteiger partial charge in [-0.25, -0.2) is 0 Å². The second kappa shape index (κ2) is 6.77. The molecule has 0 aromatic rings. The maximum atomic E-state index is 13.5. The molecule has 4 nitrogen and oxygen atoms in total. The molecule has 1 amide bonds. The molecule has 0 N–H and O–H groups in total. The van der Waals surface area contributed by atoms with Crippen LogP contribution < -0.4 is 0 Å². The van der Waals surface area contributed by atoms with Crippen LogP contribution in [-0.4, -0.2) is 61.1 Å². The molecule has 6 fully saturated rings. The minimum Gasteiger partial charge on any atom is -0.381 e. The molecule has 0 aromatic carbocycles. The maximum Gasteiger partial charge on any atom is 0.228 e. The molecule has 2 heterocycles. The van der Waals surface area contributed by atoms with Crippen LogP contribution in [0.2, 0.25) is 0 Å². The summed E-state index contributed by atoms with van der Waals surface area (Å²) in [7, 11) is 1.84. The average molecular weight is 361 g/mol. The quantitative estimate of drug-likeness (QED) is 0.774. The van der Waals surface area contributed by atoms with Gasteiger partial charge in [0.2, 0.25) is 5.91 Å². The lowest BCUT2D eigenvalue weighted by Crippen LogP contribution is -2.57. The van der Waals surface area contributed by atoms with Crippen LogP contribution in [0.4, 0.5) is 0 Å². The predicted molar refractivity (Wildman–Crippen MR) is 102 cm³/mol. The SMILES string of the molecule is COC1CCN(C2CCN(C(=O)C34CC5CC(CC(C5)C3)C4)CC2)CC1. The van der Waals surface area contributed by atoms with Gasteiger partial charge in [-0.3, -0.25) is 4.79 Å². The molecule has 0 spiro atoms. The van der Waals surface area contributed by atoms with E-state index in [2.05, 4.69) is 9.80 Å². The molecule has 4 aliphatic carbocycles. The summed E-state index contributed by atoms with van der Waals surface area (Å²) in [5.74, 6) is 3.15. The number of carbonyl (C=O) groups is 1. The van der Waals surface area contributed by atoms with E-state index in [0.29, 0.717) is 18.1 Å². The van der Waals surface area contributed by atoms with Gasteiger partial charge in [-0.05, 0) is 82.0 Å².